The smallest absolute Gasteiger partial charge is 0.251 e. The van der Waals surface area contributed by atoms with Crippen molar-refractivity contribution >= 4 is 39.2 Å². The zero-order valence-corrected chi connectivity index (χ0v) is 18.5. The second-order valence-corrected chi connectivity index (χ2v) is 8.44. The number of nitrogens with one attached hydrogen (secondary N) is 2. The zero-order chi connectivity index (χ0) is 21.6. The van der Waals surface area contributed by atoms with Gasteiger partial charge in [0, 0.05) is 41.1 Å². The van der Waals surface area contributed by atoms with Crippen molar-refractivity contribution < 1.29 is 9.59 Å². The predicted molar refractivity (Wildman–Crippen MR) is 125 cm³/mol. The summed E-state index contributed by atoms with van der Waals surface area (Å²) in [6, 6.07) is 20.5. The molecule has 2 aromatic carbocycles. The predicted octanol–water partition coefficient (Wildman–Crippen LogP) is 4.03. The minimum Gasteiger partial charge on any atom is -0.354 e. The molecule has 7 heteroatoms. The molecule has 1 aliphatic heterocycles. The molecule has 31 heavy (non-hydrogen) atoms. The van der Waals surface area contributed by atoms with Gasteiger partial charge in [0.15, 0.2) is 0 Å². The van der Waals surface area contributed by atoms with Crippen LogP contribution >= 0.6 is 15.9 Å². The van der Waals surface area contributed by atoms with Gasteiger partial charge in [0.1, 0.15) is 5.82 Å². The lowest BCUT2D eigenvalue weighted by Crippen LogP contribution is -2.37. The van der Waals surface area contributed by atoms with Crippen molar-refractivity contribution in [3.05, 3.63) is 88.5 Å². The first-order chi connectivity index (χ1) is 15.1. The molecule has 158 valence electrons. The van der Waals surface area contributed by atoms with Crippen LogP contribution in [0.15, 0.2) is 77.4 Å². The van der Waals surface area contributed by atoms with E-state index >= 15 is 0 Å². The molecule has 0 aliphatic carbocycles. The highest BCUT2D eigenvalue weighted by Gasteiger charge is 2.25. The number of pyridine rings is 1. The third kappa shape index (κ3) is 5.70. The number of carbonyl (C=O) groups is 2. The van der Waals surface area contributed by atoms with E-state index in [2.05, 4.69) is 36.4 Å². The molecular formula is C24H23BrN4O2. The van der Waals surface area contributed by atoms with Gasteiger partial charge in [0.25, 0.3) is 5.91 Å². The van der Waals surface area contributed by atoms with Crippen molar-refractivity contribution in [2.24, 2.45) is 0 Å². The molecule has 1 fully saturated rings. The van der Waals surface area contributed by atoms with Crippen LogP contribution in [0.25, 0.3) is 0 Å². The van der Waals surface area contributed by atoms with Crippen LogP contribution in [0.3, 0.4) is 0 Å². The molecule has 0 saturated carbocycles. The Bertz CT molecular complexity index is 1060. The first-order valence-electron chi connectivity index (χ1n) is 10.2. The Balaban J connectivity index is 1.33. The summed E-state index contributed by atoms with van der Waals surface area (Å²) in [5.74, 6) is 0.660. The summed E-state index contributed by atoms with van der Waals surface area (Å²) in [5.41, 5.74) is 2.06. The molecule has 0 radical (unpaired) electrons. The van der Waals surface area contributed by atoms with E-state index in [0.29, 0.717) is 11.3 Å². The molecule has 1 saturated heterocycles. The summed E-state index contributed by atoms with van der Waals surface area (Å²) in [7, 11) is 0. The topological polar surface area (TPSA) is 74.3 Å². The molecule has 0 spiro atoms. The van der Waals surface area contributed by atoms with Gasteiger partial charge in [-0.3, -0.25) is 9.59 Å². The van der Waals surface area contributed by atoms with E-state index in [1.54, 1.807) is 30.5 Å². The van der Waals surface area contributed by atoms with E-state index in [1.165, 1.54) is 0 Å². The van der Waals surface area contributed by atoms with Gasteiger partial charge in [-0.25, -0.2) is 4.98 Å². The maximum absolute atomic E-state index is 12.7. The summed E-state index contributed by atoms with van der Waals surface area (Å²) in [4.78, 5) is 31.7. The summed E-state index contributed by atoms with van der Waals surface area (Å²) >= 11 is 3.39. The average Bonchev–Trinajstić information content (AvgIpc) is 3.24. The molecule has 2 amide bonds. The van der Waals surface area contributed by atoms with Crippen molar-refractivity contribution in [1.82, 2.24) is 10.3 Å². The number of aromatic nitrogens is 1. The minimum absolute atomic E-state index is 0.0603. The first-order valence-corrected chi connectivity index (χ1v) is 11.0. The van der Waals surface area contributed by atoms with Crippen LogP contribution in [0.2, 0.25) is 0 Å². The maximum atomic E-state index is 12.7. The van der Waals surface area contributed by atoms with E-state index in [1.807, 2.05) is 42.5 Å². The van der Waals surface area contributed by atoms with Gasteiger partial charge in [0.2, 0.25) is 5.91 Å². The third-order valence-electron chi connectivity index (χ3n) is 5.18. The molecule has 0 bridgehead atoms. The SMILES string of the molecule is O=C(Cc1ccc(Br)cc1)Nc1cccc(C(=O)NC2CCN(c3ccccn3)C2)c1. The van der Waals surface area contributed by atoms with Crippen LogP contribution in [0.4, 0.5) is 11.5 Å². The van der Waals surface area contributed by atoms with Crippen LogP contribution in [0.1, 0.15) is 22.3 Å². The molecule has 1 unspecified atom stereocenters. The maximum Gasteiger partial charge on any atom is 0.251 e. The lowest BCUT2D eigenvalue weighted by Gasteiger charge is -2.18. The Morgan fingerprint density at radius 1 is 1.06 bits per heavy atom. The minimum atomic E-state index is -0.142. The Morgan fingerprint density at radius 2 is 1.90 bits per heavy atom. The average molecular weight is 479 g/mol. The fourth-order valence-corrected chi connectivity index (χ4v) is 3.89. The van der Waals surface area contributed by atoms with Gasteiger partial charge in [-0.2, -0.15) is 0 Å². The second-order valence-electron chi connectivity index (χ2n) is 7.53. The van der Waals surface area contributed by atoms with Crippen LogP contribution in [-0.4, -0.2) is 35.9 Å². The van der Waals surface area contributed by atoms with E-state index in [9.17, 15) is 9.59 Å². The lowest BCUT2D eigenvalue weighted by atomic mass is 10.1. The normalized spacial score (nSPS) is 15.5. The van der Waals surface area contributed by atoms with Gasteiger partial charge in [-0.1, -0.05) is 40.2 Å². The Morgan fingerprint density at radius 3 is 2.68 bits per heavy atom. The zero-order valence-electron chi connectivity index (χ0n) is 16.9. The monoisotopic (exact) mass is 478 g/mol. The lowest BCUT2D eigenvalue weighted by molar-refractivity contribution is -0.115. The largest absolute Gasteiger partial charge is 0.354 e. The molecule has 4 rings (SSSR count). The molecule has 2 N–H and O–H groups in total. The summed E-state index contributed by atoms with van der Waals surface area (Å²) in [6.07, 6.45) is 2.92. The summed E-state index contributed by atoms with van der Waals surface area (Å²) in [6.45, 7) is 1.58. The van der Waals surface area contributed by atoms with Crippen LogP contribution < -0.4 is 15.5 Å². The van der Waals surface area contributed by atoms with E-state index in [4.69, 9.17) is 0 Å². The highest BCUT2D eigenvalue weighted by Crippen LogP contribution is 2.18. The van der Waals surface area contributed by atoms with Crippen molar-refractivity contribution in [3.63, 3.8) is 0 Å². The highest BCUT2D eigenvalue weighted by atomic mass is 79.9. The molecule has 1 atom stereocenters. The van der Waals surface area contributed by atoms with E-state index in [-0.39, 0.29) is 24.3 Å². The number of anilines is 2. The second kappa shape index (κ2) is 9.75. The quantitative estimate of drug-likeness (QED) is 0.560. The third-order valence-corrected chi connectivity index (χ3v) is 5.71. The van der Waals surface area contributed by atoms with Crippen molar-refractivity contribution in [2.45, 2.75) is 18.9 Å². The number of nitrogens with zero attached hydrogens (tertiary/aromatic N) is 2. The van der Waals surface area contributed by atoms with Crippen molar-refractivity contribution in [3.8, 4) is 0 Å². The van der Waals surface area contributed by atoms with E-state index < -0.39 is 0 Å². The number of carbonyl (C=O) groups excluding carboxylic acids is 2. The van der Waals surface area contributed by atoms with Crippen LogP contribution in [0, 0.1) is 0 Å². The molecule has 6 nitrogen and oxygen atoms in total. The van der Waals surface area contributed by atoms with Crippen LogP contribution in [-0.2, 0) is 11.2 Å². The molecule has 1 aromatic heterocycles. The van der Waals surface area contributed by atoms with Gasteiger partial charge < -0.3 is 15.5 Å². The molecule has 1 aliphatic rings. The van der Waals surface area contributed by atoms with Gasteiger partial charge in [0.05, 0.1) is 6.42 Å². The number of rotatable bonds is 6. The van der Waals surface area contributed by atoms with E-state index in [0.717, 1.165) is 35.4 Å². The standard InChI is InChI=1S/C24H23BrN4O2/c25-19-9-7-17(8-10-19)14-23(30)27-20-5-3-4-18(15-20)24(31)28-21-11-13-29(16-21)22-6-1-2-12-26-22/h1-10,12,15,21H,11,13-14,16H2,(H,27,30)(H,28,31). The number of halogens is 1. The van der Waals surface area contributed by atoms with Crippen molar-refractivity contribution in [2.75, 3.05) is 23.3 Å². The summed E-state index contributed by atoms with van der Waals surface area (Å²) < 4.78 is 0.973. The van der Waals surface area contributed by atoms with Crippen LogP contribution in [0.5, 0.6) is 0 Å². The number of amides is 2. The molecule has 2 heterocycles. The van der Waals surface area contributed by atoms with Gasteiger partial charge in [-0.05, 0) is 54.4 Å². The molecular weight excluding hydrogens is 456 g/mol. The van der Waals surface area contributed by atoms with Gasteiger partial charge >= 0.3 is 0 Å². The van der Waals surface area contributed by atoms with Gasteiger partial charge in [-0.15, -0.1) is 0 Å². The number of hydrogen-bond donors (Lipinski definition) is 2. The number of hydrogen-bond acceptors (Lipinski definition) is 4. The summed E-state index contributed by atoms with van der Waals surface area (Å²) in [5, 5.41) is 5.97. The Kier molecular flexibility index (Phi) is 6.62. The Hall–Kier alpha value is -3.19. The Labute approximate surface area is 189 Å². The number of benzene rings is 2. The fourth-order valence-electron chi connectivity index (χ4n) is 3.63. The van der Waals surface area contributed by atoms with Crippen molar-refractivity contribution in [1.29, 1.82) is 0 Å². The highest BCUT2D eigenvalue weighted by molar-refractivity contribution is 9.10. The first kappa shape index (κ1) is 21.1. The fraction of sp³-hybridized carbons (Fsp3) is 0.208. The molecule has 3 aromatic rings.